The Morgan fingerprint density at radius 1 is 1.33 bits per heavy atom. The minimum atomic E-state index is 0.0270. The smallest absolute Gasteiger partial charge is 0.158 e. The first-order valence-corrected chi connectivity index (χ1v) is 6.32. The summed E-state index contributed by atoms with van der Waals surface area (Å²) < 4.78 is 1.92. The third-order valence-corrected chi connectivity index (χ3v) is 3.07. The van der Waals surface area contributed by atoms with Crippen molar-refractivity contribution >= 4 is 11.5 Å². The van der Waals surface area contributed by atoms with Crippen LogP contribution >= 0.6 is 0 Å². The molecule has 0 fully saturated rings. The van der Waals surface area contributed by atoms with Crippen molar-refractivity contribution in [1.82, 2.24) is 9.78 Å². The van der Waals surface area contributed by atoms with Gasteiger partial charge in [0, 0.05) is 28.6 Å². The highest BCUT2D eigenvalue weighted by molar-refractivity contribution is 6.01. The molecule has 1 aromatic rings. The van der Waals surface area contributed by atoms with E-state index in [4.69, 9.17) is 5.73 Å². The molecule has 0 aromatic carbocycles. The van der Waals surface area contributed by atoms with E-state index in [1.807, 2.05) is 25.5 Å². The monoisotopic (exact) mass is 249 g/mol. The number of Topliss-reactive ketones (excluding diaryl/α,β-unsaturated/α-hetero) is 1. The summed E-state index contributed by atoms with van der Waals surface area (Å²) in [6, 6.07) is 0.284. The summed E-state index contributed by atoms with van der Waals surface area (Å²) in [6.45, 7) is 11.6. The fourth-order valence-electron chi connectivity index (χ4n) is 2.26. The van der Waals surface area contributed by atoms with Crippen molar-refractivity contribution in [3.63, 3.8) is 0 Å². The Morgan fingerprint density at radius 3 is 2.22 bits per heavy atom. The highest BCUT2D eigenvalue weighted by Crippen LogP contribution is 2.24. The average molecular weight is 249 g/mol. The van der Waals surface area contributed by atoms with E-state index in [0.29, 0.717) is 11.3 Å². The molecule has 0 saturated heterocycles. The van der Waals surface area contributed by atoms with Crippen LogP contribution in [0.3, 0.4) is 0 Å². The van der Waals surface area contributed by atoms with Gasteiger partial charge in [-0.05, 0) is 33.6 Å². The number of ketones is 1. The number of allylic oxidation sites excluding steroid dienone is 1. The Bertz CT molecular complexity index is 481. The lowest BCUT2D eigenvalue weighted by molar-refractivity contribution is -0.113. The zero-order valence-corrected chi connectivity index (χ0v) is 12.1. The van der Waals surface area contributed by atoms with E-state index in [1.54, 1.807) is 13.1 Å². The first-order valence-electron chi connectivity index (χ1n) is 6.32. The molecule has 0 aliphatic rings. The molecule has 0 atom stereocenters. The normalized spacial score (nSPS) is 13.1. The van der Waals surface area contributed by atoms with Crippen LogP contribution in [0.2, 0.25) is 0 Å². The van der Waals surface area contributed by atoms with Gasteiger partial charge in [0.1, 0.15) is 0 Å². The van der Waals surface area contributed by atoms with Gasteiger partial charge in [-0.2, -0.15) is 5.10 Å². The van der Waals surface area contributed by atoms with Crippen molar-refractivity contribution in [2.45, 2.75) is 47.6 Å². The third kappa shape index (κ3) is 2.63. The van der Waals surface area contributed by atoms with Crippen LogP contribution in [0.25, 0.3) is 5.70 Å². The fourth-order valence-corrected chi connectivity index (χ4v) is 2.26. The van der Waals surface area contributed by atoms with Crippen molar-refractivity contribution in [2.75, 3.05) is 0 Å². The number of carbonyl (C=O) groups is 1. The molecule has 0 radical (unpaired) electrons. The summed E-state index contributed by atoms with van der Waals surface area (Å²) in [5.74, 6) is 0.142. The highest BCUT2D eigenvalue weighted by Gasteiger charge is 2.18. The summed E-state index contributed by atoms with van der Waals surface area (Å²) in [4.78, 5) is 11.7. The van der Waals surface area contributed by atoms with E-state index < -0.39 is 0 Å². The van der Waals surface area contributed by atoms with Crippen molar-refractivity contribution < 1.29 is 4.79 Å². The summed E-state index contributed by atoms with van der Waals surface area (Å²) in [7, 11) is 0. The van der Waals surface area contributed by atoms with Gasteiger partial charge in [-0.15, -0.1) is 0 Å². The molecule has 4 nitrogen and oxygen atoms in total. The van der Waals surface area contributed by atoms with Gasteiger partial charge in [-0.25, -0.2) is 0 Å². The predicted octanol–water partition coefficient (Wildman–Crippen LogP) is 2.69. The fraction of sp³-hybridized carbons (Fsp3) is 0.571. The summed E-state index contributed by atoms with van der Waals surface area (Å²) >= 11 is 0. The van der Waals surface area contributed by atoms with E-state index in [2.05, 4.69) is 18.9 Å². The number of aromatic nitrogens is 2. The number of nitrogens with zero attached hydrogens (tertiary/aromatic N) is 2. The number of carbonyl (C=O) groups excluding carboxylic acids is 1. The van der Waals surface area contributed by atoms with Crippen LogP contribution < -0.4 is 5.73 Å². The average Bonchev–Trinajstić information content (AvgIpc) is 2.58. The maximum absolute atomic E-state index is 11.7. The molecule has 0 bridgehead atoms. The molecule has 4 heteroatoms. The zero-order chi connectivity index (χ0) is 14.0. The molecule has 0 spiro atoms. The molecule has 100 valence electrons. The van der Waals surface area contributed by atoms with Gasteiger partial charge in [0.05, 0.1) is 6.20 Å². The SMILES string of the molecule is CC(=O)/C(=C(\N)c1cnn(C(C)C)c1C)C(C)C. The minimum absolute atomic E-state index is 0.0270. The number of hydrogen-bond acceptors (Lipinski definition) is 3. The van der Waals surface area contributed by atoms with E-state index in [1.165, 1.54) is 0 Å². The van der Waals surface area contributed by atoms with Crippen LogP contribution in [0.4, 0.5) is 0 Å². The van der Waals surface area contributed by atoms with Crippen LogP contribution in [-0.2, 0) is 4.79 Å². The van der Waals surface area contributed by atoms with E-state index in [-0.39, 0.29) is 17.7 Å². The maximum Gasteiger partial charge on any atom is 0.158 e. The van der Waals surface area contributed by atoms with Crippen LogP contribution in [-0.4, -0.2) is 15.6 Å². The minimum Gasteiger partial charge on any atom is -0.398 e. The molecular formula is C14H23N3O. The number of nitrogens with two attached hydrogens (primary N) is 1. The van der Waals surface area contributed by atoms with Crippen molar-refractivity contribution in [2.24, 2.45) is 11.7 Å². The number of hydrogen-bond donors (Lipinski definition) is 1. The standard InChI is InChI=1S/C14H23N3O/c1-8(2)13(11(6)18)14(15)12-7-16-17(9(3)4)10(12)5/h7-9H,15H2,1-6H3/b14-13-. The Kier molecular flexibility index (Phi) is 4.33. The predicted molar refractivity (Wildman–Crippen MR) is 74.0 cm³/mol. The van der Waals surface area contributed by atoms with Crippen molar-refractivity contribution in [3.05, 3.63) is 23.0 Å². The summed E-state index contributed by atoms with van der Waals surface area (Å²) in [6.07, 6.45) is 1.75. The van der Waals surface area contributed by atoms with Gasteiger partial charge in [-0.3, -0.25) is 9.48 Å². The van der Waals surface area contributed by atoms with Gasteiger partial charge >= 0.3 is 0 Å². The van der Waals surface area contributed by atoms with E-state index in [9.17, 15) is 4.79 Å². The topological polar surface area (TPSA) is 60.9 Å². The Hall–Kier alpha value is -1.58. The zero-order valence-electron chi connectivity index (χ0n) is 12.1. The second kappa shape index (κ2) is 5.38. The highest BCUT2D eigenvalue weighted by atomic mass is 16.1. The largest absolute Gasteiger partial charge is 0.398 e. The molecule has 0 aliphatic heterocycles. The Morgan fingerprint density at radius 2 is 1.89 bits per heavy atom. The van der Waals surface area contributed by atoms with Gasteiger partial charge < -0.3 is 5.73 Å². The Labute approximate surface area is 109 Å². The van der Waals surface area contributed by atoms with Gasteiger partial charge in [0.2, 0.25) is 0 Å². The quantitative estimate of drug-likeness (QED) is 0.834. The van der Waals surface area contributed by atoms with E-state index >= 15 is 0 Å². The molecule has 2 N–H and O–H groups in total. The first kappa shape index (κ1) is 14.5. The van der Waals surface area contributed by atoms with E-state index in [0.717, 1.165) is 11.3 Å². The molecule has 0 saturated carbocycles. The van der Waals surface area contributed by atoms with Gasteiger partial charge in [0.15, 0.2) is 5.78 Å². The second-order valence-corrected chi connectivity index (χ2v) is 5.22. The molecule has 0 amide bonds. The van der Waals surface area contributed by atoms with Crippen LogP contribution in [0.5, 0.6) is 0 Å². The van der Waals surface area contributed by atoms with Crippen LogP contribution in [0.15, 0.2) is 11.8 Å². The Balaban J connectivity index is 3.37. The lowest BCUT2D eigenvalue weighted by atomic mass is 9.95. The molecule has 0 unspecified atom stereocenters. The summed E-state index contributed by atoms with van der Waals surface area (Å²) in [5, 5.41) is 4.33. The van der Waals surface area contributed by atoms with Crippen LogP contribution in [0, 0.1) is 12.8 Å². The van der Waals surface area contributed by atoms with Gasteiger partial charge in [-0.1, -0.05) is 13.8 Å². The first-order chi connectivity index (χ1) is 8.27. The van der Waals surface area contributed by atoms with Gasteiger partial charge in [0.25, 0.3) is 0 Å². The van der Waals surface area contributed by atoms with Crippen molar-refractivity contribution in [3.8, 4) is 0 Å². The van der Waals surface area contributed by atoms with Crippen LogP contribution in [0.1, 0.15) is 51.9 Å². The summed E-state index contributed by atoms with van der Waals surface area (Å²) in [5.41, 5.74) is 9.27. The number of rotatable bonds is 4. The molecule has 1 heterocycles. The maximum atomic E-state index is 11.7. The molecule has 1 aromatic heterocycles. The third-order valence-electron chi connectivity index (χ3n) is 3.07. The molecular weight excluding hydrogens is 226 g/mol. The molecule has 1 rings (SSSR count). The molecule has 0 aliphatic carbocycles. The lowest BCUT2D eigenvalue weighted by Crippen LogP contribution is -2.13. The second-order valence-electron chi connectivity index (χ2n) is 5.22. The van der Waals surface area contributed by atoms with Crippen molar-refractivity contribution in [1.29, 1.82) is 0 Å². The molecule has 18 heavy (non-hydrogen) atoms. The lowest BCUT2D eigenvalue weighted by Gasteiger charge is -2.13.